The molecule has 2 atom stereocenters. The van der Waals surface area contributed by atoms with Gasteiger partial charge in [0.2, 0.25) is 5.91 Å². The molecular weight excluding hydrogens is 344 g/mol. The summed E-state index contributed by atoms with van der Waals surface area (Å²) in [5, 5.41) is 0.448. The lowest BCUT2D eigenvalue weighted by Crippen LogP contribution is -2.43. The van der Waals surface area contributed by atoms with Crippen molar-refractivity contribution in [3.05, 3.63) is 26.6 Å². The normalized spacial score (nSPS) is 13.9. The topological polar surface area (TPSA) is 92.1 Å². The first-order valence-electron chi connectivity index (χ1n) is 7.83. The Hall–Kier alpha value is -1.38. The molecule has 3 N–H and O–H groups in total. The summed E-state index contributed by atoms with van der Waals surface area (Å²) in [6.45, 7) is 8.15. The molecule has 24 heavy (non-hydrogen) atoms. The van der Waals surface area contributed by atoms with Crippen LogP contribution < -0.4 is 11.3 Å². The fourth-order valence-electron chi connectivity index (χ4n) is 2.30. The Morgan fingerprint density at radius 1 is 1.42 bits per heavy atom. The molecule has 2 unspecified atom stereocenters. The van der Waals surface area contributed by atoms with E-state index in [2.05, 4.69) is 9.97 Å². The molecule has 6 nitrogen and oxygen atoms in total. The Bertz CT molecular complexity index is 799. The van der Waals surface area contributed by atoms with Gasteiger partial charge in [0, 0.05) is 24.5 Å². The first-order chi connectivity index (χ1) is 11.3. The van der Waals surface area contributed by atoms with E-state index < -0.39 is 0 Å². The van der Waals surface area contributed by atoms with Crippen molar-refractivity contribution < 1.29 is 4.79 Å². The van der Waals surface area contributed by atoms with Crippen LogP contribution in [0.15, 0.2) is 4.79 Å². The molecule has 2 aromatic rings. The summed E-state index contributed by atoms with van der Waals surface area (Å²) in [5.74, 6) is 1.12. The van der Waals surface area contributed by atoms with Crippen molar-refractivity contribution in [2.75, 3.05) is 13.6 Å². The number of nitrogens with one attached hydrogen (secondary N) is 1. The third-order valence-corrected chi connectivity index (χ3v) is 6.50. The highest BCUT2D eigenvalue weighted by molar-refractivity contribution is 7.99. The zero-order valence-electron chi connectivity index (χ0n) is 14.7. The van der Waals surface area contributed by atoms with Gasteiger partial charge < -0.3 is 15.6 Å². The summed E-state index contributed by atoms with van der Waals surface area (Å²) in [6.07, 6.45) is 0. The number of rotatable bonds is 6. The van der Waals surface area contributed by atoms with Crippen LogP contribution in [0.4, 0.5) is 0 Å². The summed E-state index contributed by atoms with van der Waals surface area (Å²) in [7, 11) is 1.76. The number of aromatic nitrogens is 2. The number of H-pyrrole nitrogens is 1. The number of aromatic amines is 1. The van der Waals surface area contributed by atoms with Gasteiger partial charge >= 0.3 is 0 Å². The number of amides is 1. The SMILES string of the molecule is Cc1sc2nc(CSC(C)C(=O)N(C)C(C)CN)[nH]c(=O)c2c1C. The minimum absolute atomic E-state index is 0.00639. The second-order valence-corrected chi connectivity index (χ2v) is 8.50. The van der Waals surface area contributed by atoms with Gasteiger partial charge in [-0.3, -0.25) is 9.59 Å². The minimum atomic E-state index is -0.225. The molecule has 0 radical (unpaired) electrons. The summed E-state index contributed by atoms with van der Waals surface area (Å²) < 4.78 is 0. The van der Waals surface area contributed by atoms with Crippen LogP contribution in [0.2, 0.25) is 0 Å². The number of thiophene rings is 1. The van der Waals surface area contributed by atoms with E-state index >= 15 is 0 Å². The smallest absolute Gasteiger partial charge is 0.259 e. The molecule has 2 aromatic heterocycles. The van der Waals surface area contributed by atoms with E-state index in [0.29, 0.717) is 23.5 Å². The molecule has 0 bridgehead atoms. The van der Waals surface area contributed by atoms with Crippen molar-refractivity contribution >= 4 is 39.2 Å². The number of nitrogens with zero attached hydrogens (tertiary/aromatic N) is 2. The predicted molar refractivity (Wildman–Crippen MR) is 102 cm³/mol. The lowest BCUT2D eigenvalue weighted by molar-refractivity contribution is -0.130. The molecule has 1 amide bonds. The van der Waals surface area contributed by atoms with Gasteiger partial charge in [-0.2, -0.15) is 0 Å². The van der Waals surface area contributed by atoms with Gasteiger partial charge in [-0.05, 0) is 33.3 Å². The molecule has 132 valence electrons. The number of hydrogen-bond donors (Lipinski definition) is 2. The molecule has 0 saturated carbocycles. The number of aryl methyl sites for hydroxylation is 2. The molecule has 0 aliphatic rings. The fraction of sp³-hybridized carbons (Fsp3) is 0.562. The van der Waals surface area contributed by atoms with Crippen LogP contribution in [0.1, 0.15) is 30.1 Å². The van der Waals surface area contributed by atoms with Gasteiger partial charge in [-0.1, -0.05) is 0 Å². The van der Waals surface area contributed by atoms with E-state index in [1.165, 1.54) is 23.1 Å². The molecule has 0 aliphatic carbocycles. The second-order valence-electron chi connectivity index (χ2n) is 5.96. The predicted octanol–water partition coefficient (Wildman–Crippen LogP) is 2.03. The molecule has 0 fully saturated rings. The number of hydrogen-bond acceptors (Lipinski definition) is 6. The van der Waals surface area contributed by atoms with E-state index in [0.717, 1.165) is 15.3 Å². The Labute approximate surface area is 149 Å². The van der Waals surface area contributed by atoms with Gasteiger partial charge in [0.05, 0.1) is 16.4 Å². The van der Waals surface area contributed by atoms with Crippen molar-refractivity contribution in [2.24, 2.45) is 5.73 Å². The highest BCUT2D eigenvalue weighted by Gasteiger charge is 2.21. The zero-order valence-corrected chi connectivity index (χ0v) is 16.3. The highest BCUT2D eigenvalue weighted by Crippen LogP contribution is 2.26. The van der Waals surface area contributed by atoms with Gasteiger partial charge in [0.25, 0.3) is 5.56 Å². The van der Waals surface area contributed by atoms with Crippen LogP contribution in [-0.4, -0.2) is 45.7 Å². The molecule has 0 aliphatic heterocycles. The zero-order chi connectivity index (χ0) is 18.0. The van der Waals surface area contributed by atoms with E-state index in [-0.39, 0.29) is 22.8 Å². The van der Waals surface area contributed by atoms with Crippen LogP contribution >= 0.6 is 23.1 Å². The summed E-state index contributed by atoms with van der Waals surface area (Å²) in [5.41, 5.74) is 6.49. The summed E-state index contributed by atoms with van der Waals surface area (Å²) in [6, 6.07) is 0.00639. The van der Waals surface area contributed by atoms with Gasteiger partial charge in [0.1, 0.15) is 10.7 Å². The average molecular weight is 369 g/mol. The van der Waals surface area contributed by atoms with Crippen LogP contribution in [0, 0.1) is 13.8 Å². The largest absolute Gasteiger partial charge is 0.341 e. The third kappa shape index (κ3) is 3.81. The molecule has 2 rings (SSSR count). The molecule has 2 heterocycles. The lowest BCUT2D eigenvalue weighted by Gasteiger charge is -2.26. The number of carbonyl (C=O) groups is 1. The van der Waals surface area contributed by atoms with E-state index in [4.69, 9.17) is 5.73 Å². The van der Waals surface area contributed by atoms with Crippen molar-refractivity contribution in [2.45, 2.75) is 44.7 Å². The van der Waals surface area contributed by atoms with Crippen LogP contribution in [-0.2, 0) is 10.5 Å². The monoisotopic (exact) mass is 368 g/mol. The maximum Gasteiger partial charge on any atom is 0.259 e. The second kappa shape index (κ2) is 7.67. The summed E-state index contributed by atoms with van der Waals surface area (Å²) in [4.78, 5) is 35.5. The van der Waals surface area contributed by atoms with Crippen molar-refractivity contribution in [1.82, 2.24) is 14.9 Å². The fourth-order valence-corrected chi connectivity index (χ4v) is 4.21. The standard InChI is InChI=1S/C16H24N4O2S2/c1-8(6-17)20(5)16(22)11(4)23-7-12-18-14(21)13-9(2)10(3)24-15(13)19-12/h8,11H,6-7,17H2,1-5H3,(H,18,19,21). The number of carbonyl (C=O) groups excluding carboxylic acids is 1. The van der Waals surface area contributed by atoms with Crippen molar-refractivity contribution in [3.63, 3.8) is 0 Å². The molecule has 0 spiro atoms. The van der Waals surface area contributed by atoms with Gasteiger partial charge in [-0.15, -0.1) is 23.1 Å². The van der Waals surface area contributed by atoms with Crippen molar-refractivity contribution in [3.8, 4) is 0 Å². The van der Waals surface area contributed by atoms with E-state index in [9.17, 15) is 9.59 Å². The number of fused-ring (bicyclic) bond motifs is 1. The van der Waals surface area contributed by atoms with E-state index in [1.54, 1.807) is 11.9 Å². The van der Waals surface area contributed by atoms with Crippen LogP contribution in [0.3, 0.4) is 0 Å². The third-order valence-electron chi connectivity index (χ3n) is 4.26. The van der Waals surface area contributed by atoms with E-state index in [1.807, 2.05) is 27.7 Å². The molecule has 0 saturated heterocycles. The Morgan fingerprint density at radius 2 is 2.08 bits per heavy atom. The first kappa shape index (κ1) is 19.0. The van der Waals surface area contributed by atoms with Gasteiger partial charge in [0.15, 0.2) is 0 Å². The lowest BCUT2D eigenvalue weighted by atomic mass is 10.2. The molecular formula is C16H24N4O2S2. The van der Waals surface area contributed by atoms with Crippen LogP contribution in [0.5, 0.6) is 0 Å². The Kier molecular flexibility index (Phi) is 6.06. The number of likely N-dealkylation sites (N-methyl/N-ethyl adjacent to an activating group) is 1. The maximum atomic E-state index is 12.4. The Morgan fingerprint density at radius 3 is 2.71 bits per heavy atom. The quantitative estimate of drug-likeness (QED) is 0.814. The maximum absolute atomic E-state index is 12.4. The molecule has 8 heteroatoms. The molecule has 0 aromatic carbocycles. The number of thioether (sulfide) groups is 1. The Balaban J connectivity index is 2.11. The van der Waals surface area contributed by atoms with Crippen LogP contribution in [0.25, 0.3) is 10.2 Å². The number of nitrogens with two attached hydrogens (primary N) is 1. The van der Waals surface area contributed by atoms with Gasteiger partial charge in [-0.25, -0.2) is 4.98 Å². The first-order valence-corrected chi connectivity index (χ1v) is 9.70. The summed E-state index contributed by atoms with van der Waals surface area (Å²) >= 11 is 2.99. The highest BCUT2D eigenvalue weighted by atomic mass is 32.2. The minimum Gasteiger partial charge on any atom is -0.341 e. The average Bonchev–Trinajstić information content (AvgIpc) is 2.85. The van der Waals surface area contributed by atoms with Crippen molar-refractivity contribution in [1.29, 1.82) is 0 Å².